The maximum Gasteiger partial charge on any atom is 0.251 e. The molecule has 1 heterocycles. The second-order valence-electron chi connectivity index (χ2n) is 4.70. The Morgan fingerprint density at radius 1 is 1.24 bits per heavy atom. The summed E-state index contributed by atoms with van der Waals surface area (Å²) < 4.78 is 5.10. The van der Waals surface area contributed by atoms with Gasteiger partial charge in [-0.05, 0) is 35.9 Å². The Bertz CT molecular complexity index is 763. The molecule has 0 atom stereocenters. The molecule has 3 aromatic rings. The van der Waals surface area contributed by atoms with Crippen LogP contribution in [0.2, 0.25) is 0 Å². The Hall–Kier alpha value is -2.82. The van der Waals surface area contributed by atoms with Crippen molar-refractivity contribution in [3.05, 3.63) is 59.8 Å². The lowest BCUT2D eigenvalue weighted by atomic mass is 10.1. The zero-order valence-corrected chi connectivity index (χ0v) is 11.6. The molecule has 0 unspecified atom stereocenters. The molecule has 5 heteroatoms. The van der Waals surface area contributed by atoms with Crippen LogP contribution in [0.3, 0.4) is 0 Å². The number of carbonyl (C=O) groups excluding carboxylic acids is 1. The number of aromatic amines is 1. The van der Waals surface area contributed by atoms with Crippen LogP contribution in [0, 0.1) is 0 Å². The molecule has 0 fully saturated rings. The van der Waals surface area contributed by atoms with Crippen LogP contribution in [0.25, 0.3) is 10.9 Å². The number of aromatic nitrogens is 2. The van der Waals surface area contributed by atoms with Crippen LogP contribution in [-0.4, -0.2) is 23.2 Å². The molecule has 0 aliphatic rings. The Labute approximate surface area is 121 Å². The van der Waals surface area contributed by atoms with E-state index in [0.717, 1.165) is 22.2 Å². The average Bonchev–Trinajstić information content (AvgIpc) is 3.00. The van der Waals surface area contributed by atoms with E-state index in [9.17, 15) is 4.79 Å². The minimum absolute atomic E-state index is 0.103. The summed E-state index contributed by atoms with van der Waals surface area (Å²) in [5.41, 5.74) is 2.56. The van der Waals surface area contributed by atoms with E-state index in [1.807, 2.05) is 36.4 Å². The fraction of sp³-hybridized carbons (Fsp3) is 0.125. The van der Waals surface area contributed by atoms with E-state index in [4.69, 9.17) is 4.74 Å². The summed E-state index contributed by atoms with van der Waals surface area (Å²) in [5.74, 6) is 0.699. The van der Waals surface area contributed by atoms with E-state index in [1.54, 1.807) is 19.4 Å². The molecule has 0 saturated carbocycles. The van der Waals surface area contributed by atoms with Crippen molar-refractivity contribution in [1.29, 1.82) is 0 Å². The van der Waals surface area contributed by atoms with Gasteiger partial charge in [-0.1, -0.05) is 12.1 Å². The van der Waals surface area contributed by atoms with Gasteiger partial charge < -0.3 is 10.1 Å². The number of hydrogen-bond acceptors (Lipinski definition) is 3. The molecule has 3 rings (SSSR count). The zero-order chi connectivity index (χ0) is 14.7. The fourth-order valence-electron chi connectivity index (χ4n) is 2.11. The van der Waals surface area contributed by atoms with E-state index < -0.39 is 0 Å². The van der Waals surface area contributed by atoms with Crippen LogP contribution in [0.1, 0.15) is 15.9 Å². The summed E-state index contributed by atoms with van der Waals surface area (Å²) in [5, 5.41) is 10.6. The van der Waals surface area contributed by atoms with E-state index in [-0.39, 0.29) is 5.91 Å². The summed E-state index contributed by atoms with van der Waals surface area (Å²) >= 11 is 0. The Balaban J connectivity index is 1.67. The van der Waals surface area contributed by atoms with E-state index in [0.29, 0.717) is 12.1 Å². The van der Waals surface area contributed by atoms with Crippen molar-refractivity contribution in [2.45, 2.75) is 6.54 Å². The molecule has 0 saturated heterocycles. The summed E-state index contributed by atoms with van der Waals surface area (Å²) in [6.45, 7) is 0.478. The van der Waals surface area contributed by atoms with Crippen molar-refractivity contribution >= 4 is 16.8 Å². The molecule has 0 spiro atoms. The highest BCUT2D eigenvalue weighted by Crippen LogP contribution is 2.14. The number of nitrogens with zero attached hydrogens (tertiary/aromatic N) is 1. The van der Waals surface area contributed by atoms with Crippen LogP contribution in [-0.2, 0) is 6.54 Å². The Morgan fingerprint density at radius 2 is 2.05 bits per heavy atom. The Morgan fingerprint density at radius 3 is 2.81 bits per heavy atom. The van der Waals surface area contributed by atoms with Crippen molar-refractivity contribution in [3.8, 4) is 5.75 Å². The number of fused-ring (bicyclic) bond motifs is 1. The molecule has 0 bridgehead atoms. The first kappa shape index (κ1) is 13.2. The van der Waals surface area contributed by atoms with Crippen molar-refractivity contribution in [1.82, 2.24) is 15.5 Å². The number of benzene rings is 2. The Kier molecular flexibility index (Phi) is 3.55. The lowest BCUT2D eigenvalue weighted by Gasteiger charge is -2.06. The molecule has 0 radical (unpaired) electrons. The van der Waals surface area contributed by atoms with Crippen LogP contribution < -0.4 is 10.1 Å². The molecule has 21 heavy (non-hydrogen) atoms. The normalized spacial score (nSPS) is 10.5. The molecule has 5 nitrogen and oxygen atoms in total. The minimum Gasteiger partial charge on any atom is -0.497 e. The van der Waals surface area contributed by atoms with Gasteiger partial charge in [-0.25, -0.2) is 0 Å². The van der Waals surface area contributed by atoms with Gasteiger partial charge >= 0.3 is 0 Å². The van der Waals surface area contributed by atoms with Crippen LogP contribution in [0.4, 0.5) is 0 Å². The lowest BCUT2D eigenvalue weighted by molar-refractivity contribution is 0.0951. The van der Waals surface area contributed by atoms with Gasteiger partial charge in [0.25, 0.3) is 5.91 Å². The third-order valence-corrected chi connectivity index (χ3v) is 3.31. The van der Waals surface area contributed by atoms with Crippen LogP contribution in [0.5, 0.6) is 5.75 Å². The molecule has 1 amide bonds. The van der Waals surface area contributed by atoms with Gasteiger partial charge in [0.1, 0.15) is 5.75 Å². The standard InChI is InChI=1S/C16H15N3O2/c1-21-14-5-2-11(3-6-14)9-17-16(20)12-4-7-15-13(8-12)10-18-19-15/h2-8,10H,9H2,1H3,(H,17,20)(H,18,19). The third-order valence-electron chi connectivity index (χ3n) is 3.31. The van der Waals surface area contributed by atoms with Gasteiger partial charge in [0.2, 0.25) is 0 Å². The third kappa shape index (κ3) is 2.86. The highest BCUT2D eigenvalue weighted by molar-refractivity contribution is 5.97. The topological polar surface area (TPSA) is 67.0 Å². The van der Waals surface area contributed by atoms with Gasteiger partial charge in [-0.2, -0.15) is 5.10 Å². The highest BCUT2D eigenvalue weighted by atomic mass is 16.5. The van der Waals surface area contributed by atoms with Crippen molar-refractivity contribution in [2.75, 3.05) is 7.11 Å². The first-order valence-corrected chi connectivity index (χ1v) is 6.60. The van der Waals surface area contributed by atoms with Gasteiger partial charge in [0.15, 0.2) is 0 Å². The van der Waals surface area contributed by atoms with Gasteiger partial charge in [-0.15, -0.1) is 0 Å². The molecular formula is C16H15N3O2. The second kappa shape index (κ2) is 5.66. The quantitative estimate of drug-likeness (QED) is 0.772. The minimum atomic E-state index is -0.103. The maximum atomic E-state index is 12.1. The number of rotatable bonds is 4. The molecule has 2 N–H and O–H groups in total. The van der Waals surface area contributed by atoms with E-state index in [2.05, 4.69) is 15.5 Å². The largest absolute Gasteiger partial charge is 0.497 e. The molecule has 2 aromatic carbocycles. The van der Waals surface area contributed by atoms with Crippen molar-refractivity contribution < 1.29 is 9.53 Å². The second-order valence-corrected chi connectivity index (χ2v) is 4.70. The first-order chi connectivity index (χ1) is 10.3. The monoisotopic (exact) mass is 281 g/mol. The maximum absolute atomic E-state index is 12.1. The first-order valence-electron chi connectivity index (χ1n) is 6.60. The number of amides is 1. The number of H-pyrrole nitrogens is 1. The number of carbonyl (C=O) groups is 1. The molecule has 0 aliphatic heterocycles. The van der Waals surface area contributed by atoms with E-state index in [1.165, 1.54) is 0 Å². The summed E-state index contributed by atoms with van der Waals surface area (Å²) in [7, 11) is 1.63. The average molecular weight is 281 g/mol. The summed E-state index contributed by atoms with van der Waals surface area (Å²) in [6.07, 6.45) is 1.70. The zero-order valence-electron chi connectivity index (χ0n) is 11.6. The predicted molar refractivity (Wildman–Crippen MR) is 80.3 cm³/mol. The fourth-order valence-corrected chi connectivity index (χ4v) is 2.11. The smallest absolute Gasteiger partial charge is 0.251 e. The van der Waals surface area contributed by atoms with Crippen LogP contribution in [0.15, 0.2) is 48.7 Å². The molecule has 0 aliphatic carbocycles. The van der Waals surface area contributed by atoms with Gasteiger partial charge in [0, 0.05) is 17.5 Å². The lowest BCUT2D eigenvalue weighted by Crippen LogP contribution is -2.22. The number of hydrogen-bond donors (Lipinski definition) is 2. The van der Waals surface area contributed by atoms with Gasteiger partial charge in [0.05, 0.1) is 18.8 Å². The molecular weight excluding hydrogens is 266 g/mol. The van der Waals surface area contributed by atoms with Crippen molar-refractivity contribution in [2.24, 2.45) is 0 Å². The van der Waals surface area contributed by atoms with Crippen molar-refractivity contribution in [3.63, 3.8) is 0 Å². The predicted octanol–water partition coefficient (Wildman–Crippen LogP) is 2.50. The van der Waals surface area contributed by atoms with Crippen LogP contribution >= 0.6 is 0 Å². The summed E-state index contributed by atoms with van der Waals surface area (Å²) in [4.78, 5) is 12.1. The summed E-state index contributed by atoms with van der Waals surface area (Å²) in [6, 6.07) is 13.1. The number of ether oxygens (including phenoxy) is 1. The number of nitrogens with one attached hydrogen (secondary N) is 2. The SMILES string of the molecule is COc1ccc(CNC(=O)c2ccc3[nH]ncc3c2)cc1. The van der Waals surface area contributed by atoms with Gasteiger partial charge in [-0.3, -0.25) is 9.89 Å². The molecule has 106 valence electrons. The van der Waals surface area contributed by atoms with E-state index >= 15 is 0 Å². The molecule has 1 aromatic heterocycles. The number of methoxy groups -OCH3 is 1. The highest BCUT2D eigenvalue weighted by Gasteiger charge is 2.07.